The molecule has 70 valence electrons. The van der Waals surface area contributed by atoms with Crippen molar-refractivity contribution in [2.24, 2.45) is 11.7 Å². The van der Waals surface area contributed by atoms with Gasteiger partial charge in [-0.25, -0.2) is 0 Å². The summed E-state index contributed by atoms with van der Waals surface area (Å²) in [5, 5.41) is 0. The minimum atomic E-state index is -0.989. The number of nitrogens with two attached hydrogens (primary N) is 1. The van der Waals surface area contributed by atoms with Crippen molar-refractivity contribution < 1.29 is 4.79 Å². The van der Waals surface area contributed by atoms with Gasteiger partial charge in [-0.2, -0.15) is 0 Å². The molecule has 1 saturated carbocycles. The molecule has 0 aromatic heterocycles. The number of primary amides is 1. The molecule has 0 saturated heterocycles. The van der Waals surface area contributed by atoms with Crippen LogP contribution in [0.25, 0.3) is 0 Å². The van der Waals surface area contributed by atoms with Gasteiger partial charge >= 0.3 is 0 Å². The van der Waals surface area contributed by atoms with Crippen LogP contribution in [0.3, 0.4) is 0 Å². The Labute approximate surface area is 75.5 Å². The lowest BCUT2D eigenvalue weighted by Gasteiger charge is -2.42. The number of hydrogen-bond donors (Lipinski definition) is 1. The topological polar surface area (TPSA) is 43.1 Å². The monoisotopic (exact) mass is 185 g/mol. The molecule has 1 amide bonds. The predicted octanol–water partition coefficient (Wildman–Crippen LogP) is 1.98. The van der Waals surface area contributed by atoms with E-state index < -0.39 is 8.07 Å². The Balaban J connectivity index is 2.39. The van der Waals surface area contributed by atoms with E-state index in [0.29, 0.717) is 0 Å². The molecular formula is C9H19NOSi. The van der Waals surface area contributed by atoms with Crippen molar-refractivity contribution in [1.82, 2.24) is 0 Å². The van der Waals surface area contributed by atoms with Crippen molar-refractivity contribution in [2.45, 2.75) is 44.4 Å². The van der Waals surface area contributed by atoms with Crippen molar-refractivity contribution in [3.05, 3.63) is 0 Å². The highest BCUT2D eigenvalue weighted by atomic mass is 28.3. The lowest BCUT2D eigenvalue weighted by atomic mass is 9.84. The number of rotatable bonds is 3. The highest BCUT2D eigenvalue weighted by Gasteiger charge is 2.42. The van der Waals surface area contributed by atoms with Gasteiger partial charge in [-0.05, 0) is 18.4 Å². The molecular weight excluding hydrogens is 166 g/mol. The third kappa shape index (κ3) is 1.71. The largest absolute Gasteiger partial charge is 0.369 e. The van der Waals surface area contributed by atoms with Gasteiger partial charge in [0.05, 0.1) is 8.07 Å². The van der Waals surface area contributed by atoms with Crippen LogP contribution in [0.4, 0.5) is 0 Å². The molecule has 2 nitrogen and oxygen atoms in total. The van der Waals surface area contributed by atoms with Crippen LogP contribution < -0.4 is 5.73 Å². The van der Waals surface area contributed by atoms with E-state index in [1.807, 2.05) is 0 Å². The zero-order chi connectivity index (χ0) is 9.35. The van der Waals surface area contributed by atoms with Crippen molar-refractivity contribution in [2.75, 3.05) is 0 Å². The standard InChI is InChI=1S/C9H19NOSi/c1-4-12(2,3)8-5-7(6-8)9(10)11/h7-8H,4-6H2,1-3H3,(H2,10,11). The lowest BCUT2D eigenvalue weighted by Crippen LogP contribution is -2.43. The summed E-state index contributed by atoms with van der Waals surface area (Å²) in [5.74, 6) is 0.112. The first-order valence-corrected chi connectivity index (χ1v) is 8.05. The van der Waals surface area contributed by atoms with E-state index in [4.69, 9.17) is 5.73 Å². The maximum absolute atomic E-state index is 10.8. The molecule has 1 rings (SSSR count). The van der Waals surface area contributed by atoms with Gasteiger partial charge < -0.3 is 5.73 Å². The van der Waals surface area contributed by atoms with Crippen LogP contribution in [0.5, 0.6) is 0 Å². The first-order chi connectivity index (χ1) is 5.47. The maximum Gasteiger partial charge on any atom is 0.220 e. The second kappa shape index (κ2) is 3.21. The molecule has 12 heavy (non-hydrogen) atoms. The molecule has 1 aliphatic rings. The maximum atomic E-state index is 10.8. The second-order valence-electron chi connectivity index (χ2n) is 4.61. The van der Waals surface area contributed by atoms with Crippen LogP contribution in [0.1, 0.15) is 19.8 Å². The summed E-state index contributed by atoms with van der Waals surface area (Å²) in [6, 6.07) is 1.32. The van der Waals surface area contributed by atoms with Crippen molar-refractivity contribution in [3.63, 3.8) is 0 Å². The average Bonchev–Trinajstić information content (AvgIpc) is 1.82. The highest BCUT2D eigenvalue weighted by molar-refractivity contribution is 6.78. The summed E-state index contributed by atoms with van der Waals surface area (Å²) in [7, 11) is -0.989. The molecule has 0 aromatic carbocycles. The molecule has 0 unspecified atom stereocenters. The fraction of sp³-hybridized carbons (Fsp3) is 0.889. The van der Waals surface area contributed by atoms with Crippen LogP contribution in [-0.4, -0.2) is 14.0 Å². The van der Waals surface area contributed by atoms with Crippen LogP contribution in [-0.2, 0) is 4.79 Å². The van der Waals surface area contributed by atoms with Crippen LogP contribution >= 0.6 is 0 Å². The number of amides is 1. The normalized spacial score (nSPS) is 29.6. The van der Waals surface area contributed by atoms with E-state index in [2.05, 4.69) is 20.0 Å². The SMILES string of the molecule is CC[Si](C)(C)C1CC(C(N)=O)C1. The Morgan fingerprint density at radius 2 is 2.00 bits per heavy atom. The average molecular weight is 185 g/mol. The molecule has 0 aromatic rings. The summed E-state index contributed by atoms with van der Waals surface area (Å²) < 4.78 is 0. The number of hydrogen-bond acceptors (Lipinski definition) is 1. The fourth-order valence-corrected chi connectivity index (χ4v) is 4.20. The van der Waals surface area contributed by atoms with Crippen molar-refractivity contribution >= 4 is 14.0 Å². The predicted molar refractivity (Wildman–Crippen MR) is 53.6 cm³/mol. The van der Waals surface area contributed by atoms with E-state index >= 15 is 0 Å². The van der Waals surface area contributed by atoms with Crippen molar-refractivity contribution in [1.29, 1.82) is 0 Å². The second-order valence-corrected chi connectivity index (χ2v) is 10.1. The van der Waals surface area contributed by atoms with E-state index in [1.165, 1.54) is 6.04 Å². The van der Waals surface area contributed by atoms with Gasteiger partial charge in [0.2, 0.25) is 5.91 Å². The summed E-state index contributed by atoms with van der Waals surface area (Å²) in [4.78, 5) is 10.8. The zero-order valence-corrected chi connectivity index (χ0v) is 9.26. The molecule has 0 radical (unpaired) electrons. The smallest absolute Gasteiger partial charge is 0.220 e. The molecule has 0 spiro atoms. The minimum Gasteiger partial charge on any atom is -0.369 e. The first-order valence-electron chi connectivity index (χ1n) is 4.76. The number of carbonyl (C=O) groups excluding carboxylic acids is 1. The van der Waals surface area contributed by atoms with E-state index in [-0.39, 0.29) is 11.8 Å². The van der Waals surface area contributed by atoms with Gasteiger partial charge in [-0.3, -0.25) is 4.79 Å². The molecule has 0 heterocycles. The third-order valence-corrected chi connectivity index (χ3v) is 8.06. The van der Waals surface area contributed by atoms with Crippen LogP contribution in [0.15, 0.2) is 0 Å². The van der Waals surface area contributed by atoms with Crippen molar-refractivity contribution in [3.8, 4) is 0 Å². The fourth-order valence-electron chi connectivity index (χ4n) is 1.78. The van der Waals surface area contributed by atoms with E-state index in [1.54, 1.807) is 0 Å². The first kappa shape index (κ1) is 9.77. The van der Waals surface area contributed by atoms with Gasteiger partial charge in [0, 0.05) is 5.92 Å². The molecule has 2 N–H and O–H groups in total. The van der Waals surface area contributed by atoms with Gasteiger partial charge in [0.1, 0.15) is 0 Å². The van der Waals surface area contributed by atoms with Gasteiger partial charge in [0.15, 0.2) is 0 Å². The molecule has 3 heteroatoms. The molecule has 0 atom stereocenters. The minimum absolute atomic E-state index is 0.0906. The van der Waals surface area contributed by atoms with Gasteiger partial charge in [-0.1, -0.05) is 26.1 Å². The van der Waals surface area contributed by atoms with E-state index in [9.17, 15) is 4.79 Å². The summed E-state index contributed by atoms with van der Waals surface area (Å²) in [5.41, 5.74) is 6.07. The van der Waals surface area contributed by atoms with E-state index in [0.717, 1.165) is 18.4 Å². The van der Waals surface area contributed by atoms with Gasteiger partial charge in [0.25, 0.3) is 0 Å². The molecule has 0 aliphatic heterocycles. The Morgan fingerprint density at radius 1 is 1.50 bits per heavy atom. The molecule has 1 aliphatic carbocycles. The van der Waals surface area contributed by atoms with Crippen LogP contribution in [0.2, 0.25) is 24.7 Å². The Kier molecular flexibility index (Phi) is 2.61. The number of carbonyl (C=O) groups is 1. The summed E-state index contributed by atoms with van der Waals surface area (Å²) in [6.45, 7) is 7.09. The Morgan fingerprint density at radius 3 is 2.33 bits per heavy atom. The zero-order valence-electron chi connectivity index (χ0n) is 8.26. The summed E-state index contributed by atoms with van der Waals surface area (Å²) in [6.07, 6.45) is 2.14. The van der Waals surface area contributed by atoms with Gasteiger partial charge in [-0.15, -0.1) is 0 Å². The molecule has 0 bridgehead atoms. The summed E-state index contributed by atoms with van der Waals surface area (Å²) >= 11 is 0. The Hall–Kier alpha value is -0.313. The molecule has 1 fully saturated rings. The Bertz CT molecular complexity index is 185. The lowest BCUT2D eigenvalue weighted by molar-refractivity contribution is -0.124. The third-order valence-electron chi connectivity index (χ3n) is 3.56. The highest BCUT2D eigenvalue weighted by Crippen LogP contribution is 2.46. The quantitative estimate of drug-likeness (QED) is 0.671. The van der Waals surface area contributed by atoms with Crippen LogP contribution in [0, 0.1) is 5.92 Å².